The summed E-state index contributed by atoms with van der Waals surface area (Å²) < 4.78 is 46.7. The average molecular weight is 530 g/mol. The van der Waals surface area contributed by atoms with Crippen molar-refractivity contribution in [2.24, 2.45) is 4.99 Å². The maximum Gasteiger partial charge on any atom is 0.411 e. The third-order valence-electron chi connectivity index (χ3n) is 4.16. The van der Waals surface area contributed by atoms with Crippen LogP contribution in [0.5, 0.6) is 0 Å². The summed E-state index contributed by atoms with van der Waals surface area (Å²) in [7, 11) is 2.08. The highest BCUT2D eigenvalue weighted by molar-refractivity contribution is 14.0. The first kappa shape index (κ1) is 25.9. The summed E-state index contributed by atoms with van der Waals surface area (Å²) in [5, 5.41) is 6.50. The minimum atomic E-state index is -4.30. The van der Waals surface area contributed by atoms with Crippen LogP contribution in [0.2, 0.25) is 0 Å². The molecule has 1 fully saturated rings. The van der Waals surface area contributed by atoms with Gasteiger partial charge in [0, 0.05) is 26.2 Å². The minimum absolute atomic E-state index is 0. The lowest BCUT2D eigenvalue weighted by molar-refractivity contribution is -0.176. The Labute approximate surface area is 187 Å². The van der Waals surface area contributed by atoms with Crippen LogP contribution in [0, 0.1) is 0 Å². The molecule has 0 aliphatic carbocycles. The van der Waals surface area contributed by atoms with Crippen molar-refractivity contribution < 1.29 is 22.6 Å². The molecule has 166 valence electrons. The van der Waals surface area contributed by atoms with Crippen molar-refractivity contribution in [1.82, 2.24) is 15.5 Å². The van der Waals surface area contributed by atoms with Gasteiger partial charge in [0.15, 0.2) is 5.96 Å². The van der Waals surface area contributed by atoms with E-state index in [4.69, 9.17) is 4.74 Å². The zero-order chi connectivity index (χ0) is 20.4. The molecule has 1 aromatic rings. The summed E-state index contributed by atoms with van der Waals surface area (Å²) in [5.41, 5.74) is 1.66. The zero-order valence-electron chi connectivity index (χ0n) is 16.8. The Bertz CT molecular complexity index is 614. The second-order valence-electron chi connectivity index (χ2n) is 6.76. The first-order chi connectivity index (χ1) is 13.4. The Hall–Kier alpha value is -1.11. The van der Waals surface area contributed by atoms with Gasteiger partial charge in [0.05, 0.1) is 25.9 Å². The molecule has 29 heavy (non-hydrogen) atoms. The summed E-state index contributed by atoms with van der Waals surface area (Å²) in [6, 6.07) is 7.21. The zero-order valence-corrected chi connectivity index (χ0v) is 19.1. The number of halogens is 4. The van der Waals surface area contributed by atoms with Crippen LogP contribution in [0.3, 0.4) is 0 Å². The van der Waals surface area contributed by atoms with Crippen molar-refractivity contribution in [2.45, 2.75) is 32.4 Å². The van der Waals surface area contributed by atoms with Gasteiger partial charge < -0.3 is 25.0 Å². The molecule has 10 heteroatoms. The van der Waals surface area contributed by atoms with Gasteiger partial charge >= 0.3 is 6.18 Å². The van der Waals surface area contributed by atoms with Crippen molar-refractivity contribution in [2.75, 3.05) is 46.4 Å². The van der Waals surface area contributed by atoms with Crippen LogP contribution in [0.15, 0.2) is 29.3 Å². The number of hydrogen-bond donors (Lipinski definition) is 2. The molecular weight excluding hydrogens is 500 g/mol. The highest BCUT2D eigenvalue weighted by Crippen LogP contribution is 2.16. The van der Waals surface area contributed by atoms with E-state index >= 15 is 0 Å². The van der Waals surface area contributed by atoms with Crippen molar-refractivity contribution in [3.05, 3.63) is 35.4 Å². The van der Waals surface area contributed by atoms with Crippen molar-refractivity contribution >= 4 is 29.9 Å². The van der Waals surface area contributed by atoms with Gasteiger partial charge in [0.1, 0.15) is 6.61 Å². The van der Waals surface area contributed by atoms with Crippen LogP contribution in [0.25, 0.3) is 0 Å². The summed E-state index contributed by atoms with van der Waals surface area (Å²) in [5.74, 6) is 0.705. The molecule has 2 N–H and O–H groups in total. The molecule has 0 aromatic heterocycles. The third-order valence-corrected chi connectivity index (χ3v) is 4.16. The Kier molecular flexibility index (Phi) is 11.8. The van der Waals surface area contributed by atoms with Crippen LogP contribution in [0.4, 0.5) is 13.2 Å². The highest BCUT2D eigenvalue weighted by atomic mass is 127. The summed E-state index contributed by atoms with van der Waals surface area (Å²) in [4.78, 5) is 6.79. The van der Waals surface area contributed by atoms with Crippen molar-refractivity contribution in [3.8, 4) is 0 Å². The van der Waals surface area contributed by atoms with E-state index < -0.39 is 12.8 Å². The number of morpholine rings is 1. The maximum absolute atomic E-state index is 12.1. The molecule has 1 unspecified atom stereocenters. The molecule has 0 spiro atoms. The maximum atomic E-state index is 12.1. The predicted molar refractivity (Wildman–Crippen MR) is 118 cm³/mol. The predicted octanol–water partition coefficient (Wildman–Crippen LogP) is 2.77. The SMILES string of the molecule is CCNC(=NCc1ccc(COCC(F)(F)F)cc1)NCC1CN(C)CCO1.I. The smallest absolute Gasteiger partial charge is 0.374 e. The van der Waals surface area contributed by atoms with E-state index in [0.29, 0.717) is 24.6 Å². The van der Waals surface area contributed by atoms with E-state index in [2.05, 4.69) is 32.3 Å². The van der Waals surface area contributed by atoms with E-state index in [0.717, 1.165) is 31.8 Å². The fraction of sp³-hybridized carbons (Fsp3) is 0.632. The molecular formula is C19H30F3IN4O2. The van der Waals surface area contributed by atoms with Gasteiger partial charge in [-0.05, 0) is 25.1 Å². The summed E-state index contributed by atoms with van der Waals surface area (Å²) in [6.45, 7) is 5.13. The number of benzene rings is 1. The molecule has 0 bridgehead atoms. The standard InChI is InChI=1S/C19H29F3N4O2.HI/c1-3-23-18(25-11-17-12-26(2)8-9-28-17)24-10-15-4-6-16(7-5-15)13-27-14-19(20,21)22;/h4-7,17H,3,8-14H2,1-2H3,(H2,23,24,25);1H. The van der Waals surface area contributed by atoms with Crippen molar-refractivity contribution in [1.29, 1.82) is 0 Å². The normalized spacial score (nSPS) is 18.2. The number of rotatable bonds is 8. The van der Waals surface area contributed by atoms with E-state index in [9.17, 15) is 13.2 Å². The number of likely N-dealkylation sites (N-methyl/N-ethyl adjacent to an activating group) is 1. The number of guanidine groups is 1. The quantitative estimate of drug-likeness (QED) is 0.308. The number of aliphatic imine (C=N–C) groups is 1. The summed E-state index contributed by atoms with van der Waals surface area (Å²) in [6.07, 6.45) is -4.18. The van der Waals surface area contributed by atoms with Gasteiger partial charge in [-0.3, -0.25) is 0 Å². The Morgan fingerprint density at radius 3 is 2.55 bits per heavy atom. The second kappa shape index (κ2) is 13.2. The molecule has 1 aliphatic rings. The largest absolute Gasteiger partial charge is 0.411 e. The lowest BCUT2D eigenvalue weighted by Gasteiger charge is -2.30. The molecule has 6 nitrogen and oxygen atoms in total. The first-order valence-electron chi connectivity index (χ1n) is 9.40. The number of nitrogens with one attached hydrogen (secondary N) is 2. The molecule has 1 atom stereocenters. The fourth-order valence-corrected chi connectivity index (χ4v) is 2.74. The number of ether oxygens (including phenoxy) is 2. The van der Waals surface area contributed by atoms with Gasteiger partial charge in [-0.2, -0.15) is 13.2 Å². The average Bonchev–Trinajstić information content (AvgIpc) is 2.64. The van der Waals surface area contributed by atoms with E-state index in [1.165, 1.54) is 0 Å². The van der Waals surface area contributed by atoms with Gasteiger partial charge in [-0.25, -0.2) is 4.99 Å². The first-order valence-corrected chi connectivity index (χ1v) is 9.40. The van der Waals surface area contributed by atoms with Crippen LogP contribution in [-0.2, 0) is 22.6 Å². The molecule has 1 heterocycles. The molecule has 2 rings (SSSR count). The van der Waals surface area contributed by atoms with Crippen LogP contribution >= 0.6 is 24.0 Å². The van der Waals surface area contributed by atoms with Crippen LogP contribution < -0.4 is 10.6 Å². The van der Waals surface area contributed by atoms with Gasteiger partial charge in [-0.15, -0.1) is 24.0 Å². The van der Waals surface area contributed by atoms with Gasteiger partial charge in [-0.1, -0.05) is 24.3 Å². The lowest BCUT2D eigenvalue weighted by Crippen LogP contribution is -2.48. The number of hydrogen-bond acceptors (Lipinski definition) is 4. The molecule has 0 saturated carbocycles. The molecule has 1 saturated heterocycles. The third kappa shape index (κ3) is 11.0. The molecule has 0 amide bonds. The monoisotopic (exact) mass is 530 g/mol. The van der Waals surface area contributed by atoms with Crippen LogP contribution in [-0.4, -0.2) is 69.6 Å². The van der Waals surface area contributed by atoms with E-state index in [-0.39, 0.29) is 36.7 Å². The van der Waals surface area contributed by atoms with E-state index in [1.807, 2.05) is 19.1 Å². The highest BCUT2D eigenvalue weighted by Gasteiger charge is 2.27. The summed E-state index contributed by atoms with van der Waals surface area (Å²) >= 11 is 0. The molecule has 1 aromatic carbocycles. The Morgan fingerprint density at radius 1 is 1.24 bits per heavy atom. The fourth-order valence-electron chi connectivity index (χ4n) is 2.74. The topological polar surface area (TPSA) is 58.1 Å². The van der Waals surface area contributed by atoms with Gasteiger partial charge in [0.25, 0.3) is 0 Å². The Morgan fingerprint density at radius 2 is 1.93 bits per heavy atom. The number of nitrogens with zero attached hydrogens (tertiary/aromatic N) is 2. The van der Waals surface area contributed by atoms with E-state index in [1.54, 1.807) is 12.1 Å². The van der Waals surface area contributed by atoms with Gasteiger partial charge in [0.2, 0.25) is 0 Å². The Balaban J connectivity index is 0.00000420. The minimum Gasteiger partial charge on any atom is -0.374 e. The molecule has 1 aliphatic heterocycles. The lowest BCUT2D eigenvalue weighted by atomic mass is 10.1. The molecule has 0 radical (unpaired) electrons. The number of alkyl halides is 3. The van der Waals surface area contributed by atoms with Crippen LogP contribution in [0.1, 0.15) is 18.1 Å². The van der Waals surface area contributed by atoms with Crippen molar-refractivity contribution in [3.63, 3.8) is 0 Å². The second-order valence-corrected chi connectivity index (χ2v) is 6.76.